The van der Waals surface area contributed by atoms with Gasteiger partial charge in [0.05, 0.1) is 11.7 Å². The van der Waals surface area contributed by atoms with Crippen LogP contribution in [0.4, 0.5) is 5.69 Å². The van der Waals surface area contributed by atoms with Crippen molar-refractivity contribution in [3.63, 3.8) is 0 Å². The Bertz CT molecular complexity index is 826. The van der Waals surface area contributed by atoms with Crippen LogP contribution in [0.1, 0.15) is 18.5 Å². The van der Waals surface area contributed by atoms with Crippen LogP contribution in [0.5, 0.6) is 5.75 Å². The Morgan fingerprint density at radius 2 is 2.04 bits per heavy atom. The standard InChI is InChI=1S/C18H16Cl2N2O3/c1-11(13-7-6-12(19)8-14(13)20)21-17(23)9-22-15-4-2-3-5-16(15)25-10-18(22)24/h2-8,11H,9-10H2,1H3,(H,21,23). The van der Waals surface area contributed by atoms with Gasteiger partial charge in [-0.2, -0.15) is 0 Å². The Balaban J connectivity index is 1.71. The molecule has 0 fully saturated rings. The molecule has 1 N–H and O–H groups in total. The molecule has 0 aliphatic carbocycles. The van der Waals surface area contributed by atoms with E-state index < -0.39 is 0 Å². The molecule has 0 bridgehead atoms. The molecule has 1 aliphatic rings. The van der Waals surface area contributed by atoms with E-state index in [0.29, 0.717) is 21.5 Å². The van der Waals surface area contributed by atoms with Crippen molar-refractivity contribution in [3.05, 3.63) is 58.1 Å². The number of rotatable bonds is 4. The summed E-state index contributed by atoms with van der Waals surface area (Å²) in [6.07, 6.45) is 0. The van der Waals surface area contributed by atoms with E-state index in [1.807, 2.05) is 13.0 Å². The van der Waals surface area contributed by atoms with Gasteiger partial charge >= 0.3 is 0 Å². The predicted octanol–water partition coefficient (Wildman–Crippen LogP) is 3.60. The molecule has 5 nitrogen and oxygen atoms in total. The molecular weight excluding hydrogens is 363 g/mol. The first-order valence-corrected chi connectivity index (χ1v) is 8.48. The van der Waals surface area contributed by atoms with Crippen LogP contribution in [0.15, 0.2) is 42.5 Å². The van der Waals surface area contributed by atoms with E-state index in [1.165, 1.54) is 4.90 Å². The Labute approximate surface area is 155 Å². The highest BCUT2D eigenvalue weighted by atomic mass is 35.5. The summed E-state index contributed by atoms with van der Waals surface area (Å²) in [7, 11) is 0. The third-order valence-electron chi connectivity index (χ3n) is 3.92. The largest absolute Gasteiger partial charge is 0.482 e. The van der Waals surface area contributed by atoms with E-state index in [9.17, 15) is 9.59 Å². The highest BCUT2D eigenvalue weighted by Gasteiger charge is 2.27. The first kappa shape index (κ1) is 17.6. The van der Waals surface area contributed by atoms with Crippen LogP contribution in [0.3, 0.4) is 0 Å². The smallest absolute Gasteiger partial charge is 0.265 e. The van der Waals surface area contributed by atoms with Gasteiger partial charge in [-0.1, -0.05) is 41.4 Å². The summed E-state index contributed by atoms with van der Waals surface area (Å²) in [6.45, 7) is 1.65. The Kier molecular flexibility index (Phi) is 5.16. The van der Waals surface area contributed by atoms with Crippen LogP contribution in [-0.2, 0) is 9.59 Å². The fraction of sp³-hybridized carbons (Fsp3) is 0.222. The van der Waals surface area contributed by atoms with E-state index in [-0.39, 0.29) is 31.0 Å². The molecule has 2 amide bonds. The topological polar surface area (TPSA) is 58.6 Å². The fourth-order valence-corrected chi connectivity index (χ4v) is 3.26. The first-order valence-electron chi connectivity index (χ1n) is 7.72. The van der Waals surface area contributed by atoms with Crippen molar-refractivity contribution in [2.45, 2.75) is 13.0 Å². The number of hydrogen-bond acceptors (Lipinski definition) is 3. The van der Waals surface area contributed by atoms with Crippen molar-refractivity contribution in [1.82, 2.24) is 5.32 Å². The van der Waals surface area contributed by atoms with Gasteiger partial charge < -0.3 is 10.1 Å². The third-order valence-corrected chi connectivity index (χ3v) is 4.48. The number of nitrogens with zero attached hydrogens (tertiary/aromatic N) is 1. The molecule has 0 saturated heterocycles. The number of halogens is 2. The summed E-state index contributed by atoms with van der Waals surface area (Å²) in [5.74, 6) is 0.0401. The molecule has 7 heteroatoms. The van der Waals surface area contributed by atoms with Crippen molar-refractivity contribution in [2.24, 2.45) is 0 Å². The average molecular weight is 379 g/mol. The molecule has 1 heterocycles. The zero-order chi connectivity index (χ0) is 18.0. The van der Waals surface area contributed by atoms with E-state index in [0.717, 1.165) is 5.56 Å². The molecule has 0 radical (unpaired) electrons. The number of carbonyl (C=O) groups excluding carboxylic acids is 2. The maximum atomic E-state index is 12.4. The van der Waals surface area contributed by atoms with Crippen molar-refractivity contribution >= 4 is 40.7 Å². The number of amides is 2. The minimum absolute atomic E-state index is 0.0805. The van der Waals surface area contributed by atoms with E-state index >= 15 is 0 Å². The monoisotopic (exact) mass is 378 g/mol. The zero-order valence-electron chi connectivity index (χ0n) is 13.5. The SMILES string of the molecule is CC(NC(=O)CN1C(=O)COc2ccccc21)c1ccc(Cl)cc1Cl. The molecule has 2 aromatic rings. The van der Waals surface area contributed by atoms with Gasteiger partial charge in [-0.3, -0.25) is 14.5 Å². The number of benzene rings is 2. The van der Waals surface area contributed by atoms with Gasteiger partial charge in [0.2, 0.25) is 5.91 Å². The molecule has 1 atom stereocenters. The van der Waals surface area contributed by atoms with Gasteiger partial charge in [0, 0.05) is 10.0 Å². The van der Waals surface area contributed by atoms with Gasteiger partial charge in [0.15, 0.2) is 6.61 Å². The maximum absolute atomic E-state index is 12.4. The van der Waals surface area contributed by atoms with Crippen LogP contribution in [0, 0.1) is 0 Å². The number of fused-ring (bicyclic) bond motifs is 1. The summed E-state index contributed by atoms with van der Waals surface area (Å²) in [4.78, 5) is 26.0. The molecule has 0 saturated carbocycles. The second-order valence-electron chi connectivity index (χ2n) is 5.69. The third kappa shape index (κ3) is 3.89. The second-order valence-corrected chi connectivity index (χ2v) is 6.53. The summed E-state index contributed by atoms with van der Waals surface area (Å²) >= 11 is 12.1. The molecule has 3 rings (SSSR count). The number of ether oxygens (including phenoxy) is 1. The number of hydrogen-bond donors (Lipinski definition) is 1. The molecule has 25 heavy (non-hydrogen) atoms. The molecule has 130 valence electrons. The van der Waals surface area contributed by atoms with Crippen LogP contribution in [0.2, 0.25) is 10.0 Å². The zero-order valence-corrected chi connectivity index (χ0v) is 15.0. The van der Waals surface area contributed by atoms with Gasteiger partial charge in [0.1, 0.15) is 12.3 Å². The van der Waals surface area contributed by atoms with Gasteiger partial charge in [0.25, 0.3) is 5.91 Å². The normalized spacial score (nSPS) is 14.5. The lowest BCUT2D eigenvalue weighted by atomic mass is 10.1. The average Bonchev–Trinajstić information content (AvgIpc) is 2.57. The van der Waals surface area contributed by atoms with Crippen LogP contribution in [-0.4, -0.2) is 25.0 Å². The number of carbonyl (C=O) groups is 2. The molecule has 1 aliphatic heterocycles. The highest BCUT2D eigenvalue weighted by Crippen LogP contribution is 2.31. The number of para-hydroxylation sites is 2. The molecule has 0 aromatic heterocycles. The molecular formula is C18H16Cl2N2O3. The summed E-state index contributed by atoms with van der Waals surface area (Å²) < 4.78 is 5.37. The Morgan fingerprint density at radius 1 is 1.28 bits per heavy atom. The van der Waals surface area contributed by atoms with Crippen molar-refractivity contribution in [3.8, 4) is 5.75 Å². The lowest BCUT2D eigenvalue weighted by Gasteiger charge is -2.29. The quantitative estimate of drug-likeness (QED) is 0.883. The molecule has 0 spiro atoms. The minimum Gasteiger partial charge on any atom is -0.482 e. The van der Waals surface area contributed by atoms with Crippen LogP contribution >= 0.6 is 23.2 Å². The summed E-state index contributed by atoms with van der Waals surface area (Å²) in [5.41, 5.74) is 1.35. The van der Waals surface area contributed by atoms with Gasteiger partial charge in [-0.05, 0) is 36.8 Å². The van der Waals surface area contributed by atoms with Crippen molar-refractivity contribution < 1.29 is 14.3 Å². The molecule has 1 unspecified atom stereocenters. The van der Waals surface area contributed by atoms with Crippen LogP contribution < -0.4 is 15.0 Å². The minimum atomic E-state index is -0.316. The van der Waals surface area contributed by atoms with E-state index in [1.54, 1.807) is 36.4 Å². The summed E-state index contributed by atoms with van der Waals surface area (Å²) in [6, 6.07) is 11.9. The number of anilines is 1. The predicted molar refractivity (Wildman–Crippen MR) is 97.3 cm³/mol. The Morgan fingerprint density at radius 3 is 2.80 bits per heavy atom. The van der Waals surface area contributed by atoms with Crippen LogP contribution in [0.25, 0.3) is 0 Å². The Hall–Kier alpha value is -2.24. The first-order chi connectivity index (χ1) is 12.0. The lowest BCUT2D eigenvalue weighted by Crippen LogP contribution is -2.45. The lowest BCUT2D eigenvalue weighted by molar-refractivity contribution is -0.125. The van der Waals surface area contributed by atoms with Crippen molar-refractivity contribution in [2.75, 3.05) is 18.1 Å². The summed E-state index contributed by atoms with van der Waals surface area (Å²) in [5, 5.41) is 3.86. The van der Waals surface area contributed by atoms with Gasteiger partial charge in [-0.15, -0.1) is 0 Å². The van der Waals surface area contributed by atoms with E-state index in [2.05, 4.69) is 5.32 Å². The molecule has 2 aromatic carbocycles. The highest BCUT2D eigenvalue weighted by molar-refractivity contribution is 6.35. The van der Waals surface area contributed by atoms with Gasteiger partial charge in [-0.25, -0.2) is 0 Å². The maximum Gasteiger partial charge on any atom is 0.265 e. The van der Waals surface area contributed by atoms with Crippen molar-refractivity contribution in [1.29, 1.82) is 0 Å². The van der Waals surface area contributed by atoms with E-state index in [4.69, 9.17) is 27.9 Å². The second kappa shape index (κ2) is 7.33. The number of nitrogens with one attached hydrogen (secondary N) is 1. The fourth-order valence-electron chi connectivity index (χ4n) is 2.69.